The van der Waals surface area contributed by atoms with Crippen molar-refractivity contribution in [2.75, 3.05) is 13.2 Å². The molecule has 1 aromatic carbocycles. The van der Waals surface area contributed by atoms with E-state index in [1.165, 1.54) is 31.2 Å². The Hall–Kier alpha value is -1.43. The predicted octanol–water partition coefficient (Wildman–Crippen LogP) is 2.49. The average Bonchev–Trinajstić information content (AvgIpc) is 3.16. The number of aliphatic hydroxyl groups is 1. The molecular weight excluding hydrogens is 308 g/mol. The van der Waals surface area contributed by atoms with Crippen molar-refractivity contribution >= 4 is 5.97 Å². The molecule has 5 nitrogen and oxygen atoms in total. The first-order valence-electron chi connectivity index (χ1n) is 8.90. The van der Waals surface area contributed by atoms with Crippen molar-refractivity contribution in [3.05, 3.63) is 35.4 Å². The number of fused-ring (bicyclic) bond motifs is 1. The first-order valence-corrected chi connectivity index (χ1v) is 8.90. The molecule has 2 heterocycles. The fourth-order valence-corrected chi connectivity index (χ4v) is 3.31. The van der Waals surface area contributed by atoms with Gasteiger partial charge in [0, 0.05) is 0 Å². The van der Waals surface area contributed by atoms with Gasteiger partial charge >= 0.3 is 5.97 Å². The van der Waals surface area contributed by atoms with Gasteiger partial charge in [-0.15, -0.1) is 0 Å². The summed E-state index contributed by atoms with van der Waals surface area (Å²) < 4.78 is 16.5. The van der Waals surface area contributed by atoms with E-state index in [2.05, 4.69) is 6.92 Å². The third-order valence-electron chi connectivity index (χ3n) is 4.75. The molecule has 0 amide bonds. The van der Waals surface area contributed by atoms with E-state index in [0.717, 1.165) is 6.42 Å². The third-order valence-corrected chi connectivity index (χ3v) is 4.75. The Labute approximate surface area is 142 Å². The fourth-order valence-electron chi connectivity index (χ4n) is 3.31. The van der Waals surface area contributed by atoms with Crippen LogP contribution in [0.5, 0.6) is 0 Å². The number of rotatable bonds is 7. The molecule has 0 bridgehead atoms. The van der Waals surface area contributed by atoms with Gasteiger partial charge in [0.15, 0.2) is 6.10 Å². The predicted molar refractivity (Wildman–Crippen MR) is 89.0 cm³/mol. The summed E-state index contributed by atoms with van der Waals surface area (Å²) >= 11 is 0. The van der Waals surface area contributed by atoms with Gasteiger partial charge in [-0.05, 0) is 30.5 Å². The normalized spacial score (nSPS) is 28.8. The van der Waals surface area contributed by atoms with Gasteiger partial charge < -0.3 is 19.3 Å². The van der Waals surface area contributed by atoms with Crippen LogP contribution in [0.25, 0.3) is 0 Å². The highest BCUT2D eigenvalue weighted by molar-refractivity contribution is 5.89. The summed E-state index contributed by atoms with van der Waals surface area (Å²) in [5, 5.41) is 9.71. The number of unbranched alkanes of at least 4 members (excludes halogenated alkanes) is 3. The Morgan fingerprint density at radius 2 is 1.88 bits per heavy atom. The van der Waals surface area contributed by atoms with Crippen molar-refractivity contribution in [1.82, 2.24) is 0 Å². The summed E-state index contributed by atoms with van der Waals surface area (Å²) in [6.07, 6.45) is 4.15. The highest BCUT2D eigenvalue weighted by atomic mass is 16.6. The lowest BCUT2D eigenvalue weighted by molar-refractivity contribution is -0.0209. The highest BCUT2D eigenvalue weighted by Crippen LogP contribution is 2.29. The molecule has 24 heavy (non-hydrogen) atoms. The van der Waals surface area contributed by atoms with Crippen LogP contribution >= 0.6 is 0 Å². The van der Waals surface area contributed by atoms with Gasteiger partial charge in [-0.1, -0.05) is 38.3 Å². The number of hydrogen-bond acceptors (Lipinski definition) is 5. The van der Waals surface area contributed by atoms with E-state index in [9.17, 15) is 9.90 Å². The van der Waals surface area contributed by atoms with Crippen LogP contribution < -0.4 is 0 Å². The quantitative estimate of drug-likeness (QED) is 0.613. The van der Waals surface area contributed by atoms with Crippen molar-refractivity contribution in [2.45, 2.75) is 63.4 Å². The SMILES string of the molecule is CCCCCCc1ccc(C(=O)O[C@@H]2CO[C@H]3[C@@H]2OC[C@H]3O)cc1. The molecule has 0 aliphatic carbocycles. The van der Waals surface area contributed by atoms with Gasteiger partial charge in [-0.25, -0.2) is 4.79 Å². The zero-order chi connectivity index (χ0) is 16.9. The van der Waals surface area contributed by atoms with Crippen LogP contribution in [0.4, 0.5) is 0 Å². The number of esters is 1. The van der Waals surface area contributed by atoms with E-state index in [4.69, 9.17) is 14.2 Å². The smallest absolute Gasteiger partial charge is 0.338 e. The first kappa shape index (κ1) is 17.4. The highest BCUT2D eigenvalue weighted by Gasteiger charge is 2.48. The van der Waals surface area contributed by atoms with Crippen LogP contribution in [-0.4, -0.2) is 48.7 Å². The molecule has 132 valence electrons. The number of hydrogen-bond donors (Lipinski definition) is 1. The maximum Gasteiger partial charge on any atom is 0.338 e. The number of benzene rings is 1. The van der Waals surface area contributed by atoms with Crippen LogP contribution in [0, 0.1) is 0 Å². The summed E-state index contributed by atoms with van der Waals surface area (Å²) in [6.45, 7) is 2.71. The first-order chi connectivity index (χ1) is 11.7. The van der Waals surface area contributed by atoms with Gasteiger partial charge in [0.2, 0.25) is 0 Å². The molecule has 0 spiro atoms. The number of aryl methyl sites for hydroxylation is 1. The second-order valence-corrected chi connectivity index (χ2v) is 6.61. The van der Waals surface area contributed by atoms with Gasteiger partial charge in [-0.2, -0.15) is 0 Å². The largest absolute Gasteiger partial charge is 0.453 e. The molecule has 0 radical (unpaired) electrons. The maximum atomic E-state index is 12.3. The molecule has 2 fully saturated rings. The van der Waals surface area contributed by atoms with Crippen LogP contribution in [0.2, 0.25) is 0 Å². The molecule has 2 aliphatic heterocycles. The van der Waals surface area contributed by atoms with E-state index < -0.39 is 12.2 Å². The van der Waals surface area contributed by atoms with Crippen molar-refractivity contribution in [3.8, 4) is 0 Å². The Morgan fingerprint density at radius 3 is 2.62 bits per heavy atom. The molecule has 3 rings (SSSR count). The summed E-state index contributed by atoms with van der Waals surface area (Å²) in [5.74, 6) is -0.369. The molecule has 0 unspecified atom stereocenters. The van der Waals surface area contributed by atoms with Gasteiger partial charge in [0.25, 0.3) is 0 Å². The molecule has 2 aliphatic rings. The molecule has 0 saturated carbocycles. The molecular formula is C19H26O5. The summed E-state index contributed by atoms with van der Waals surface area (Å²) in [7, 11) is 0. The Morgan fingerprint density at radius 1 is 1.12 bits per heavy atom. The minimum atomic E-state index is -0.634. The molecule has 2 saturated heterocycles. The number of carbonyl (C=O) groups excluding carboxylic acids is 1. The van der Waals surface area contributed by atoms with Crippen molar-refractivity contribution in [1.29, 1.82) is 0 Å². The molecule has 0 aromatic heterocycles. The lowest BCUT2D eigenvalue weighted by Gasteiger charge is -2.16. The second kappa shape index (κ2) is 8.10. The van der Waals surface area contributed by atoms with E-state index in [0.29, 0.717) is 5.56 Å². The van der Waals surface area contributed by atoms with E-state index in [1.54, 1.807) is 0 Å². The topological polar surface area (TPSA) is 65.0 Å². The fraction of sp³-hybridized carbons (Fsp3) is 0.632. The zero-order valence-electron chi connectivity index (χ0n) is 14.1. The molecule has 1 N–H and O–H groups in total. The lowest BCUT2D eigenvalue weighted by atomic mass is 10.0. The summed E-state index contributed by atoms with van der Waals surface area (Å²) in [4.78, 5) is 12.3. The number of carbonyl (C=O) groups is 1. The van der Waals surface area contributed by atoms with Gasteiger partial charge in [0.1, 0.15) is 18.3 Å². The van der Waals surface area contributed by atoms with E-state index in [-0.39, 0.29) is 31.4 Å². The van der Waals surface area contributed by atoms with E-state index >= 15 is 0 Å². The average molecular weight is 334 g/mol. The Bertz CT molecular complexity index is 541. The molecule has 1 aromatic rings. The lowest BCUT2D eigenvalue weighted by Crippen LogP contribution is -2.34. The summed E-state index contributed by atoms with van der Waals surface area (Å²) in [6, 6.07) is 7.61. The standard InChI is InChI=1S/C19H26O5/c1-2-3-4-5-6-13-7-9-14(10-8-13)19(21)24-16-12-23-17-15(20)11-22-18(16)17/h7-10,15-18,20H,2-6,11-12H2,1H3/t15-,16-,17-,18-/m1/s1. The van der Waals surface area contributed by atoms with Crippen molar-refractivity contribution < 1.29 is 24.1 Å². The zero-order valence-corrected chi connectivity index (χ0v) is 14.1. The minimum Gasteiger partial charge on any atom is -0.453 e. The number of ether oxygens (including phenoxy) is 3. The van der Waals surface area contributed by atoms with Gasteiger partial charge in [0.05, 0.1) is 18.8 Å². The van der Waals surface area contributed by atoms with Crippen LogP contribution in [0.15, 0.2) is 24.3 Å². The molecule has 5 heteroatoms. The van der Waals surface area contributed by atoms with Crippen LogP contribution in [-0.2, 0) is 20.6 Å². The second-order valence-electron chi connectivity index (χ2n) is 6.61. The van der Waals surface area contributed by atoms with E-state index in [1.807, 2.05) is 24.3 Å². The van der Waals surface area contributed by atoms with Crippen molar-refractivity contribution in [3.63, 3.8) is 0 Å². The van der Waals surface area contributed by atoms with Crippen molar-refractivity contribution in [2.24, 2.45) is 0 Å². The Kier molecular flexibility index (Phi) is 5.87. The number of aliphatic hydroxyl groups excluding tert-OH is 1. The molecule has 4 atom stereocenters. The van der Waals surface area contributed by atoms with Crippen LogP contribution in [0.3, 0.4) is 0 Å². The Balaban J connectivity index is 1.50. The summed E-state index contributed by atoms with van der Waals surface area (Å²) in [5.41, 5.74) is 1.78. The van der Waals surface area contributed by atoms with Crippen LogP contribution in [0.1, 0.15) is 48.5 Å². The monoisotopic (exact) mass is 334 g/mol. The minimum absolute atomic E-state index is 0.232. The van der Waals surface area contributed by atoms with Gasteiger partial charge in [-0.3, -0.25) is 0 Å². The third kappa shape index (κ3) is 3.97. The maximum absolute atomic E-state index is 12.3.